The molecule has 2 aromatic carbocycles. The number of hydrogen-bond donors (Lipinski definition) is 1. The minimum absolute atomic E-state index is 0.281. The van der Waals surface area contributed by atoms with Crippen LogP contribution in [0.25, 0.3) is 21.3 Å². The van der Waals surface area contributed by atoms with Crippen molar-refractivity contribution >= 4 is 27.4 Å². The number of halogens is 1. The van der Waals surface area contributed by atoms with Crippen LogP contribution in [-0.2, 0) is 6.54 Å². The van der Waals surface area contributed by atoms with E-state index in [9.17, 15) is 9.50 Å². The van der Waals surface area contributed by atoms with Gasteiger partial charge in [0.15, 0.2) is 0 Å². The maximum Gasteiger partial charge on any atom is 0.141 e. The number of aromatic nitrogens is 2. The summed E-state index contributed by atoms with van der Waals surface area (Å²) in [6.45, 7) is 0.846. The zero-order valence-electron chi connectivity index (χ0n) is 17.0. The first-order valence-electron chi connectivity index (χ1n) is 9.75. The third kappa shape index (κ3) is 3.28. The second kappa shape index (κ2) is 7.79. The number of benzene rings is 2. The van der Waals surface area contributed by atoms with Crippen molar-refractivity contribution in [2.75, 3.05) is 25.7 Å². The van der Waals surface area contributed by atoms with Gasteiger partial charge in [-0.25, -0.2) is 14.4 Å². The van der Waals surface area contributed by atoms with Gasteiger partial charge in [0.2, 0.25) is 0 Å². The van der Waals surface area contributed by atoms with Crippen LogP contribution in [0, 0.1) is 5.82 Å². The Hall–Kier alpha value is -3.23. The number of anilines is 1. The molecule has 1 aliphatic heterocycles. The van der Waals surface area contributed by atoms with Crippen molar-refractivity contribution in [3.63, 3.8) is 0 Å². The van der Waals surface area contributed by atoms with Gasteiger partial charge in [0, 0.05) is 28.6 Å². The number of β-amino-alcohol motifs (C(OH)–C–C–N with tert-alkyl or cyclic N) is 1. The molecule has 6 nitrogen and oxygen atoms in total. The highest BCUT2D eigenvalue weighted by Crippen LogP contribution is 2.43. The summed E-state index contributed by atoms with van der Waals surface area (Å²) in [6.07, 6.45) is 0.763. The zero-order valence-corrected chi connectivity index (χ0v) is 17.8. The lowest BCUT2D eigenvalue weighted by molar-refractivity contribution is 0.169. The molecular weight excluding hydrogens is 417 g/mol. The highest BCUT2D eigenvalue weighted by atomic mass is 32.1. The van der Waals surface area contributed by atoms with Crippen molar-refractivity contribution < 1.29 is 19.0 Å². The predicted molar refractivity (Wildman–Crippen MR) is 118 cm³/mol. The van der Waals surface area contributed by atoms with E-state index in [-0.39, 0.29) is 5.82 Å². The average molecular weight is 437 g/mol. The van der Waals surface area contributed by atoms with Gasteiger partial charge in [-0.1, -0.05) is 12.1 Å². The van der Waals surface area contributed by atoms with Gasteiger partial charge in [0.1, 0.15) is 40.4 Å². The maximum atomic E-state index is 13.4. The van der Waals surface area contributed by atoms with Gasteiger partial charge >= 0.3 is 0 Å². The lowest BCUT2D eigenvalue weighted by atomic mass is 9.94. The first kappa shape index (κ1) is 19.7. The summed E-state index contributed by atoms with van der Waals surface area (Å²) in [4.78, 5) is 11.9. The Morgan fingerprint density at radius 2 is 1.81 bits per heavy atom. The van der Waals surface area contributed by atoms with Gasteiger partial charge in [-0.15, -0.1) is 11.3 Å². The molecule has 0 saturated carbocycles. The van der Waals surface area contributed by atoms with E-state index >= 15 is 0 Å². The number of rotatable bonds is 4. The SMILES string of the molecule is COc1ccc(OC)c2c1CN(c1ncnc3scc(-c4ccc(F)cc4)c13)C[C@@H]2O. The molecule has 1 N–H and O–H groups in total. The molecule has 0 saturated heterocycles. The molecule has 0 aliphatic carbocycles. The Labute approximate surface area is 182 Å². The van der Waals surface area contributed by atoms with Crippen LogP contribution in [0.15, 0.2) is 48.1 Å². The fourth-order valence-corrected chi connectivity index (χ4v) is 5.09. The van der Waals surface area contributed by atoms with Crippen LogP contribution in [0.5, 0.6) is 11.5 Å². The van der Waals surface area contributed by atoms with Gasteiger partial charge in [-0.05, 0) is 29.8 Å². The third-order valence-electron chi connectivity index (χ3n) is 5.59. The lowest BCUT2D eigenvalue weighted by Crippen LogP contribution is -2.35. The standard InChI is InChI=1S/C23H20FN3O3S/c1-29-18-7-8-19(30-2)20-15(18)9-27(10-17(20)28)22-21-16(11-31-23(21)26-12-25-22)13-3-5-14(24)6-4-13/h3-8,11-12,17,28H,9-10H2,1-2H3/t17-/m0/s1. The number of aliphatic hydroxyl groups is 1. The van der Waals surface area contributed by atoms with Crippen LogP contribution in [-0.4, -0.2) is 35.8 Å². The normalized spacial score (nSPS) is 15.7. The zero-order chi connectivity index (χ0) is 21.5. The molecule has 0 spiro atoms. The Morgan fingerprint density at radius 3 is 2.55 bits per heavy atom. The van der Waals surface area contributed by atoms with Crippen molar-refractivity contribution in [2.24, 2.45) is 0 Å². The van der Waals surface area contributed by atoms with Crippen molar-refractivity contribution in [3.05, 3.63) is 65.0 Å². The Bertz CT molecular complexity index is 1260. The fraction of sp³-hybridized carbons (Fsp3) is 0.217. The second-order valence-electron chi connectivity index (χ2n) is 7.29. The van der Waals surface area contributed by atoms with E-state index in [1.165, 1.54) is 29.8 Å². The van der Waals surface area contributed by atoms with Crippen LogP contribution < -0.4 is 14.4 Å². The van der Waals surface area contributed by atoms with Crippen molar-refractivity contribution in [1.29, 1.82) is 0 Å². The smallest absolute Gasteiger partial charge is 0.141 e. The Balaban J connectivity index is 1.64. The minimum atomic E-state index is -0.772. The van der Waals surface area contributed by atoms with Crippen molar-refractivity contribution in [3.8, 4) is 22.6 Å². The van der Waals surface area contributed by atoms with Crippen molar-refractivity contribution in [1.82, 2.24) is 9.97 Å². The molecule has 0 unspecified atom stereocenters. The van der Waals surface area contributed by atoms with Crippen molar-refractivity contribution in [2.45, 2.75) is 12.6 Å². The minimum Gasteiger partial charge on any atom is -0.496 e. The highest BCUT2D eigenvalue weighted by Gasteiger charge is 2.31. The van der Waals surface area contributed by atoms with Gasteiger partial charge in [-0.2, -0.15) is 0 Å². The van der Waals surface area contributed by atoms with E-state index in [1.54, 1.807) is 26.4 Å². The van der Waals surface area contributed by atoms with E-state index in [0.29, 0.717) is 24.6 Å². The molecule has 0 radical (unpaired) electrons. The molecule has 8 heteroatoms. The number of hydrogen-bond acceptors (Lipinski definition) is 7. The first-order chi connectivity index (χ1) is 15.1. The molecular formula is C23H20FN3O3S. The van der Waals surface area contributed by atoms with Gasteiger partial charge in [0.25, 0.3) is 0 Å². The predicted octanol–water partition coefficient (Wildman–Crippen LogP) is 4.57. The summed E-state index contributed by atoms with van der Waals surface area (Å²) in [5.74, 6) is 1.77. The summed E-state index contributed by atoms with van der Waals surface area (Å²) in [6, 6.07) is 10.0. The van der Waals surface area contributed by atoms with E-state index < -0.39 is 6.10 Å². The van der Waals surface area contributed by atoms with E-state index in [1.807, 2.05) is 22.4 Å². The van der Waals surface area contributed by atoms with Crippen LogP contribution in [0.3, 0.4) is 0 Å². The summed E-state index contributed by atoms with van der Waals surface area (Å²) in [5, 5.41) is 13.9. The molecule has 0 amide bonds. The molecule has 1 aliphatic rings. The van der Waals surface area contributed by atoms with Crippen LogP contribution >= 0.6 is 11.3 Å². The number of methoxy groups -OCH3 is 2. The largest absolute Gasteiger partial charge is 0.496 e. The Morgan fingerprint density at radius 1 is 1.06 bits per heavy atom. The summed E-state index contributed by atoms with van der Waals surface area (Å²) in [5.41, 5.74) is 3.44. The summed E-state index contributed by atoms with van der Waals surface area (Å²) in [7, 11) is 3.21. The summed E-state index contributed by atoms with van der Waals surface area (Å²) >= 11 is 1.51. The van der Waals surface area contributed by atoms with Crippen LogP contribution in [0.4, 0.5) is 10.2 Å². The molecule has 5 rings (SSSR count). The topological polar surface area (TPSA) is 67.7 Å². The number of fused-ring (bicyclic) bond motifs is 2. The fourth-order valence-electron chi connectivity index (χ4n) is 4.18. The second-order valence-corrected chi connectivity index (χ2v) is 8.15. The number of ether oxygens (including phenoxy) is 2. The average Bonchev–Trinajstić information content (AvgIpc) is 3.23. The van der Waals surface area contributed by atoms with Crippen LogP contribution in [0.1, 0.15) is 17.2 Å². The maximum absolute atomic E-state index is 13.4. The van der Waals surface area contributed by atoms with Gasteiger partial charge < -0.3 is 19.5 Å². The van der Waals surface area contributed by atoms with E-state index in [0.717, 1.165) is 38.3 Å². The van der Waals surface area contributed by atoms with E-state index in [2.05, 4.69) is 9.97 Å². The third-order valence-corrected chi connectivity index (χ3v) is 6.48. The quantitative estimate of drug-likeness (QED) is 0.505. The first-order valence-corrected chi connectivity index (χ1v) is 10.6. The lowest BCUT2D eigenvalue weighted by Gasteiger charge is -2.35. The van der Waals surface area contributed by atoms with Gasteiger partial charge in [0.05, 0.1) is 26.2 Å². The molecule has 1 atom stereocenters. The molecule has 4 aromatic rings. The van der Waals surface area contributed by atoms with Gasteiger partial charge in [-0.3, -0.25) is 0 Å². The van der Waals surface area contributed by atoms with E-state index in [4.69, 9.17) is 9.47 Å². The number of thiophene rings is 1. The molecule has 31 heavy (non-hydrogen) atoms. The molecule has 2 aromatic heterocycles. The molecule has 0 fully saturated rings. The Kier molecular flexibility index (Phi) is 4.95. The number of nitrogens with zero attached hydrogens (tertiary/aromatic N) is 3. The number of aliphatic hydroxyl groups excluding tert-OH is 1. The molecule has 0 bridgehead atoms. The molecule has 158 valence electrons. The highest BCUT2D eigenvalue weighted by molar-refractivity contribution is 7.17. The monoisotopic (exact) mass is 437 g/mol. The molecule has 3 heterocycles. The van der Waals surface area contributed by atoms with Crippen LogP contribution in [0.2, 0.25) is 0 Å². The summed E-state index contributed by atoms with van der Waals surface area (Å²) < 4.78 is 24.5.